The Kier molecular flexibility index (Phi) is 4.24. The van der Waals surface area contributed by atoms with Crippen LogP contribution in [0.3, 0.4) is 0 Å². The van der Waals surface area contributed by atoms with E-state index in [4.69, 9.17) is 14.2 Å². The third-order valence-corrected chi connectivity index (χ3v) is 3.65. The van der Waals surface area contributed by atoms with E-state index in [9.17, 15) is 4.79 Å². The lowest BCUT2D eigenvalue weighted by atomic mass is 10.1. The van der Waals surface area contributed by atoms with Gasteiger partial charge in [0.15, 0.2) is 11.5 Å². The predicted molar refractivity (Wildman–Crippen MR) is 90.1 cm³/mol. The van der Waals surface area contributed by atoms with Crippen molar-refractivity contribution < 1.29 is 19.0 Å². The van der Waals surface area contributed by atoms with Crippen LogP contribution in [0.25, 0.3) is 10.9 Å². The van der Waals surface area contributed by atoms with E-state index >= 15 is 0 Å². The second kappa shape index (κ2) is 6.49. The Morgan fingerprint density at radius 1 is 1.00 bits per heavy atom. The Hall–Kier alpha value is -3.22. The van der Waals surface area contributed by atoms with Crippen LogP contribution in [0.5, 0.6) is 17.2 Å². The van der Waals surface area contributed by atoms with Crippen LogP contribution in [-0.4, -0.2) is 37.4 Å². The number of anilines is 1. The summed E-state index contributed by atoms with van der Waals surface area (Å²) in [4.78, 5) is 12.6. The second-order valence-electron chi connectivity index (χ2n) is 5.03. The summed E-state index contributed by atoms with van der Waals surface area (Å²) in [7, 11) is 4.53. The van der Waals surface area contributed by atoms with Crippen LogP contribution < -0.4 is 19.5 Å². The van der Waals surface area contributed by atoms with E-state index in [-0.39, 0.29) is 5.91 Å². The molecular formula is C17H17N3O4. The number of aromatic amines is 1. The Balaban J connectivity index is 1.93. The summed E-state index contributed by atoms with van der Waals surface area (Å²) in [6.07, 6.45) is 1.70. The Morgan fingerprint density at radius 3 is 2.42 bits per heavy atom. The summed E-state index contributed by atoms with van der Waals surface area (Å²) in [5, 5.41) is 10.6. The molecule has 0 aliphatic heterocycles. The number of nitrogens with zero attached hydrogens (tertiary/aromatic N) is 1. The number of nitrogens with one attached hydrogen (secondary N) is 2. The number of hydrogen-bond donors (Lipinski definition) is 2. The monoisotopic (exact) mass is 327 g/mol. The van der Waals surface area contributed by atoms with Gasteiger partial charge in [0.2, 0.25) is 0 Å². The first kappa shape index (κ1) is 15.7. The van der Waals surface area contributed by atoms with Crippen molar-refractivity contribution in [3.63, 3.8) is 0 Å². The van der Waals surface area contributed by atoms with E-state index in [2.05, 4.69) is 15.5 Å². The lowest BCUT2D eigenvalue weighted by Gasteiger charge is -2.14. The van der Waals surface area contributed by atoms with E-state index in [1.165, 1.54) is 21.3 Å². The van der Waals surface area contributed by atoms with Gasteiger partial charge in [-0.05, 0) is 18.2 Å². The van der Waals surface area contributed by atoms with Crippen LogP contribution in [0, 0.1) is 0 Å². The Labute approximate surface area is 138 Å². The minimum atomic E-state index is -0.310. The van der Waals surface area contributed by atoms with Gasteiger partial charge in [0, 0.05) is 23.2 Å². The molecule has 2 aromatic carbocycles. The molecule has 0 fully saturated rings. The number of H-pyrrole nitrogens is 1. The average Bonchev–Trinajstić information content (AvgIpc) is 3.08. The molecule has 3 rings (SSSR count). The molecule has 1 aromatic heterocycles. The van der Waals surface area contributed by atoms with E-state index in [1.54, 1.807) is 24.4 Å². The molecule has 124 valence electrons. The van der Waals surface area contributed by atoms with Gasteiger partial charge in [-0.1, -0.05) is 0 Å². The molecule has 0 bridgehead atoms. The molecule has 0 saturated heterocycles. The Bertz CT molecular complexity index is 889. The number of methoxy groups -OCH3 is 3. The molecule has 1 heterocycles. The standard InChI is InChI=1S/C17H17N3O4/c1-22-14-8-16(24-3)15(23-2)7-12(14)17(21)19-11-4-5-13-10(6-11)9-18-20-13/h4-9H,1-3H3,(H,18,20)(H,19,21). The molecule has 0 aliphatic carbocycles. The lowest BCUT2D eigenvalue weighted by molar-refractivity contribution is 0.102. The smallest absolute Gasteiger partial charge is 0.259 e. The Morgan fingerprint density at radius 2 is 1.71 bits per heavy atom. The number of carbonyl (C=O) groups is 1. The first-order valence-electron chi connectivity index (χ1n) is 7.20. The summed E-state index contributed by atoms with van der Waals surface area (Å²) in [5.41, 5.74) is 1.91. The number of hydrogen-bond acceptors (Lipinski definition) is 5. The van der Waals surface area contributed by atoms with Crippen molar-refractivity contribution >= 4 is 22.5 Å². The van der Waals surface area contributed by atoms with Gasteiger partial charge in [0.1, 0.15) is 5.75 Å². The molecule has 3 aromatic rings. The molecule has 1 amide bonds. The zero-order chi connectivity index (χ0) is 17.1. The normalized spacial score (nSPS) is 10.5. The fourth-order valence-corrected chi connectivity index (χ4v) is 2.43. The molecule has 0 radical (unpaired) electrons. The maximum Gasteiger partial charge on any atom is 0.259 e. The maximum atomic E-state index is 12.6. The molecule has 0 saturated carbocycles. The number of amides is 1. The van der Waals surface area contributed by atoms with Gasteiger partial charge in [-0.3, -0.25) is 9.89 Å². The number of aromatic nitrogens is 2. The maximum absolute atomic E-state index is 12.6. The van der Waals surface area contributed by atoms with Gasteiger partial charge in [0.05, 0.1) is 38.6 Å². The van der Waals surface area contributed by atoms with Crippen LogP contribution in [0.4, 0.5) is 5.69 Å². The van der Waals surface area contributed by atoms with Crippen LogP contribution in [0.1, 0.15) is 10.4 Å². The van der Waals surface area contributed by atoms with Gasteiger partial charge >= 0.3 is 0 Å². The molecule has 0 atom stereocenters. The summed E-state index contributed by atoms with van der Waals surface area (Å²) >= 11 is 0. The molecule has 0 aliphatic rings. The minimum Gasteiger partial charge on any atom is -0.496 e. The number of carbonyl (C=O) groups excluding carboxylic acids is 1. The summed E-state index contributed by atoms with van der Waals surface area (Å²) in [6.45, 7) is 0. The molecule has 0 unspecified atom stereocenters. The molecule has 7 heteroatoms. The highest BCUT2D eigenvalue weighted by atomic mass is 16.5. The number of benzene rings is 2. The van der Waals surface area contributed by atoms with Gasteiger partial charge < -0.3 is 19.5 Å². The zero-order valence-corrected chi connectivity index (χ0v) is 13.5. The quantitative estimate of drug-likeness (QED) is 0.752. The minimum absolute atomic E-state index is 0.310. The first-order valence-corrected chi connectivity index (χ1v) is 7.20. The molecule has 2 N–H and O–H groups in total. The molecule has 0 spiro atoms. The first-order chi connectivity index (χ1) is 11.7. The predicted octanol–water partition coefficient (Wildman–Crippen LogP) is 2.84. The molecular weight excluding hydrogens is 310 g/mol. The van der Waals surface area contributed by atoms with Crippen LogP contribution in [-0.2, 0) is 0 Å². The highest BCUT2D eigenvalue weighted by Gasteiger charge is 2.18. The SMILES string of the molecule is COc1cc(OC)c(C(=O)Nc2ccc3[nH]ncc3c2)cc1OC. The van der Waals surface area contributed by atoms with Crippen molar-refractivity contribution in [3.05, 3.63) is 42.1 Å². The second-order valence-corrected chi connectivity index (χ2v) is 5.03. The lowest BCUT2D eigenvalue weighted by Crippen LogP contribution is -2.13. The van der Waals surface area contributed by atoms with Crippen molar-refractivity contribution in [2.45, 2.75) is 0 Å². The highest BCUT2D eigenvalue weighted by Crippen LogP contribution is 2.35. The van der Waals surface area contributed by atoms with E-state index in [1.807, 2.05) is 12.1 Å². The molecule has 24 heavy (non-hydrogen) atoms. The van der Waals surface area contributed by atoms with E-state index < -0.39 is 0 Å². The van der Waals surface area contributed by atoms with E-state index in [0.29, 0.717) is 28.5 Å². The van der Waals surface area contributed by atoms with Crippen molar-refractivity contribution in [1.29, 1.82) is 0 Å². The summed E-state index contributed by atoms with van der Waals surface area (Å²) in [6, 6.07) is 8.69. The van der Waals surface area contributed by atoms with Crippen molar-refractivity contribution in [2.75, 3.05) is 26.6 Å². The number of fused-ring (bicyclic) bond motifs is 1. The fourth-order valence-electron chi connectivity index (χ4n) is 2.43. The van der Waals surface area contributed by atoms with Crippen molar-refractivity contribution in [1.82, 2.24) is 10.2 Å². The third-order valence-electron chi connectivity index (χ3n) is 3.65. The van der Waals surface area contributed by atoms with Crippen molar-refractivity contribution in [2.24, 2.45) is 0 Å². The summed E-state index contributed by atoms with van der Waals surface area (Å²) < 4.78 is 15.8. The van der Waals surface area contributed by atoms with Crippen LogP contribution >= 0.6 is 0 Å². The van der Waals surface area contributed by atoms with Gasteiger partial charge in [-0.15, -0.1) is 0 Å². The van der Waals surface area contributed by atoms with Crippen molar-refractivity contribution in [3.8, 4) is 17.2 Å². The van der Waals surface area contributed by atoms with E-state index in [0.717, 1.165) is 10.9 Å². The fraction of sp³-hybridized carbons (Fsp3) is 0.176. The third kappa shape index (κ3) is 2.83. The molecule has 7 nitrogen and oxygen atoms in total. The number of rotatable bonds is 5. The van der Waals surface area contributed by atoms with Crippen LogP contribution in [0.15, 0.2) is 36.5 Å². The summed E-state index contributed by atoms with van der Waals surface area (Å²) in [5.74, 6) is 1.03. The largest absolute Gasteiger partial charge is 0.496 e. The van der Waals surface area contributed by atoms with Gasteiger partial charge in [-0.2, -0.15) is 5.10 Å². The average molecular weight is 327 g/mol. The topological polar surface area (TPSA) is 85.5 Å². The van der Waals surface area contributed by atoms with Crippen LogP contribution in [0.2, 0.25) is 0 Å². The zero-order valence-electron chi connectivity index (χ0n) is 13.5. The van der Waals surface area contributed by atoms with Gasteiger partial charge in [-0.25, -0.2) is 0 Å². The number of ether oxygens (including phenoxy) is 3. The highest BCUT2D eigenvalue weighted by molar-refractivity contribution is 6.07. The van der Waals surface area contributed by atoms with Gasteiger partial charge in [0.25, 0.3) is 5.91 Å².